The van der Waals surface area contributed by atoms with Crippen molar-refractivity contribution >= 4 is 35.2 Å². The molecule has 9 heteroatoms. The van der Waals surface area contributed by atoms with Gasteiger partial charge in [0.15, 0.2) is 0 Å². The van der Waals surface area contributed by atoms with E-state index in [9.17, 15) is 4.79 Å². The van der Waals surface area contributed by atoms with Gasteiger partial charge in [0.2, 0.25) is 5.91 Å². The number of aromatic amines is 1. The molecule has 170 valence electrons. The van der Waals surface area contributed by atoms with Crippen LogP contribution >= 0.6 is 12.4 Å². The molecular weight excluding hydrogens is 428 g/mol. The lowest BCUT2D eigenvalue weighted by Crippen LogP contribution is -2.57. The van der Waals surface area contributed by atoms with E-state index in [0.29, 0.717) is 13.1 Å². The summed E-state index contributed by atoms with van der Waals surface area (Å²) in [5, 5.41) is 4.44. The summed E-state index contributed by atoms with van der Waals surface area (Å²) in [6, 6.07) is 10.0. The van der Waals surface area contributed by atoms with Crippen molar-refractivity contribution in [3.8, 4) is 5.75 Å². The molecule has 0 radical (unpaired) electrons. The van der Waals surface area contributed by atoms with Crippen LogP contribution in [0.2, 0.25) is 0 Å². The molecule has 0 spiro atoms. The Balaban J connectivity index is 0.00000245. The van der Waals surface area contributed by atoms with Gasteiger partial charge in [-0.25, -0.2) is 9.97 Å². The Morgan fingerprint density at radius 1 is 1.03 bits per heavy atom. The molecule has 2 aliphatic heterocycles. The molecule has 2 aromatic heterocycles. The highest BCUT2D eigenvalue weighted by atomic mass is 35.5. The molecule has 1 amide bonds. The molecule has 3 aromatic rings. The third-order valence-corrected chi connectivity index (χ3v) is 6.71. The summed E-state index contributed by atoms with van der Waals surface area (Å²) >= 11 is 0. The Labute approximate surface area is 193 Å². The number of anilines is 1. The number of nitrogens with zero attached hydrogens (tertiary/aromatic N) is 4. The van der Waals surface area contributed by atoms with Gasteiger partial charge in [-0.3, -0.25) is 4.79 Å². The van der Waals surface area contributed by atoms with Crippen molar-refractivity contribution in [3.63, 3.8) is 0 Å². The lowest BCUT2D eigenvalue weighted by atomic mass is 9.72. The molecule has 1 aromatic carbocycles. The standard InChI is InChI=1S/C23H28N6O2.ClH/c1-31-18-4-2-17(3-5-18)23(7-10-24-11-8-23)22(30)29-14-12-28(13-15-29)21-19-6-9-25-20(19)26-16-27-21;/h2-6,9,16,24H,7-8,10-15H2,1H3,(H,25,26,27);1H. The van der Waals surface area contributed by atoms with Crippen LogP contribution in [0.4, 0.5) is 5.82 Å². The lowest BCUT2D eigenvalue weighted by Gasteiger charge is -2.43. The Morgan fingerprint density at radius 2 is 1.75 bits per heavy atom. The van der Waals surface area contributed by atoms with Crippen LogP contribution in [0.15, 0.2) is 42.9 Å². The lowest BCUT2D eigenvalue weighted by molar-refractivity contribution is -0.139. The van der Waals surface area contributed by atoms with Gasteiger partial charge >= 0.3 is 0 Å². The number of carbonyl (C=O) groups is 1. The van der Waals surface area contributed by atoms with E-state index in [-0.39, 0.29) is 18.3 Å². The van der Waals surface area contributed by atoms with Crippen molar-refractivity contribution < 1.29 is 9.53 Å². The van der Waals surface area contributed by atoms with Gasteiger partial charge in [0.05, 0.1) is 17.9 Å². The average molecular weight is 457 g/mol. The zero-order chi connectivity index (χ0) is 21.3. The fourth-order valence-electron chi connectivity index (χ4n) is 4.92. The van der Waals surface area contributed by atoms with Crippen LogP contribution in [-0.2, 0) is 10.2 Å². The Kier molecular flexibility index (Phi) is 6.53. The first kappa shape index (κ1) is 22.4. The predicted molar refractivity (Wildman–Crippen MR) is 127 cm³/mol. The van der Waals surface area contributed by atoms with E-state index in [1.165, 1.54) is 0 Å². The summed E-state index contributed by atoms with van der Waals surface area (Å²) in [5.74, 6) is 1.99. The number of benzene rings is 1. The van der Waals surface area contributed by atoms with E-state index >= 15 is 0 Å². The smallest absolute Gasteiger partial charge is 0.233 e. The molecule has 0 bridgehead atoms. The monoisotopic (exact) mass is 456 g/mol. The minimum atomic E-state index is -0.470. The van der Waals surface area contributed by atoms with Gasteiger partial charge in [-0.1, -0.05) is 12.1 Å². The van der Waals surface area contributed by atoms with E-state index in [0.717, 1.165) is 67.2 Å². The third kappa shape index (κ3) is 3.89. The highest BCUT2D eigenvalue weighted by Crippen LogP contribution is 2.37. The molecule has 4 heterocycles. The van der Waals surface area contributed by atoms with Gasteiger partial charge in [0.25, 0.3) is 0 Å². The molecule has 0 aliphatic carbocycles. The normalized spacial score (nSPS) is 18.3. The molecule has 0 atom stereocenters. The molecule has 5 rings (SSSR count). The average Bonchev–Trinajstić information content (AvgIpc) is 3.33. The van der Waals surface area contributed by atoms with Crippen molar-refractivity contribution in [2.75, 3.05) is 51.3 Å². The number of methoxy groups -OCH3 is 1. The number of piperazine rings is 1. The maximum absolute atomic E-state index is 13.9. The number of nitrogens with one attached hydrogen (secondary N) is 2. The summed E-state index contributed by atoms with van der Waals surface area (Å²) in [4.78, 5) is 30.1. The fraction of sp³-hybridized carbons (Fsp3) is 0.435. The molecule has 8 nitrogen and oxygen atoms in total. The largest absolute Gasteiger partial charge is 0.497 e. The zero-order valence-electron chi connectivity index (χ0n) is 18.2. The number of carbonyl (C=O) groups excluding carboxylic acids is 1. The number of halogens is 1. The van der Waals surface area contributed by atoms with E-state index in [4.69, 9.17) is 4.74 Å². The van der Waals surface area contributed by atoms with Crippen LogP contribution in [0, 0.1) is 0 Å². The summed E-state index contributed by atoms with van der Waals surface area (Å²) in [6.07, 6.45) is 5.11. The second-order valence-corrected chi connectivity index (χ2v) is 8.28. The molecule has 2 saturated heterocycles. The number of H-pyrrole nitrogens is 1. The minimum Gasteiger partial charge on any atom is -0.497 e. The Morgan fingerprint density at radius 3 is 2.44 bits per heavy atom. The van der Waals surface area contributed by atoms with Crippen LogP contribution in [0.5, 0.6) is 5.75 Å². The zero-order valence-corrected chi connectivity index (χ0v) is 19.0. The first-order chi connectivity index (χ1) is 15.2. The maximum atomic E-state index is 13.9. The minimum absolute atomic E-state index is 0. The van der Waals surface area contributed by atoms with Crippen molar-refractivity contribution in [3.05, 3.63) is 48.4 Å². The van der Waals surface area contributed by atoms with Gasteiger partial charge in [-0.05, 0) is 49.7 Å². The molecule has 32 heavy (non-hydrogen) atoms. The van der Waals surface area contributed by atoms with Gasteiger partial charge < -0.3 is 24.8 Å². The Hall–Kier alpha value is -2.84. The highest BCUT2D eigenvalue weighted by molar-refractivity contribution is 5.90. The molecule has 2 fully saturated rings. The molecular formula is C23H29ClN6O2. The number of piperidine rings is 1. The van der Waals surface area contributed by atoms with Gasteiger partial charge in [0.1, 0.15) is 23.5 Å². The van der Waals surface area contributed by atoms with Crippen LogP contribution < -0.4 is 15.0 Å². The summed E-state index contributed by atoms with van der Waals surface area (Å²) in [5.41, 5.74) is 1.46. The van der Waals surface area contributed by atoms with Crippen molar-refractivity contribution in [2.45, 2.75) is 18.3 Å². The van der Waals surface area contributed by atoms with E-state index in [1.807, 2.05) is 29.3 Å². The maximum Gasteiger partial charge on any atom is 0.233 e. The second kappa shape index (κ2) is 9.34. The number of hydrogen-bond acceptors (Lipinski definition) is 6. The molecule has 2 aliphatic rings. The van der Waals surface area contributed by atoms with Gasteiger partial charge in [-0.2, -0.15) is 0 Å². The number of hydrogen-bond donors (Lipinski definition) is 2. The highest BCUT2D eigenvalue weighted by Gasteiger charge is 2.44. The van der Waals surface area contributed by atoms with Crippen molar-refractivity contribution in [1.82, 2.24) is 25.2 Å². The SMILES string of the molecule is COc1ccc(C2(C(=O)N3CCN(c4ncnc5[nH]ccc45)CC3)CCNCC2)cc1.Cl. The van der Waals surface area contributed by atoms with Crippen LogP contribution in [0.3, 0.4) is 0 Å². The van der Waals surface area contributed by atoms with Gasteiger partial charge in [-0.15, -0.1) is 12.4 Å². The van der Waals surface area contributed by atoms with E-state index in [1.54, 1.807) is 13.4 Å². The summed E-state index contributed by atoms with van der Waals surface area (Å²) < 4.78 is 5.32. The van der Waals surface area contributed by atoms with Gasteiger partial charge in [0, 0.05) is 32.4 Å². The number of fused-ring (bicyclic) bond motifs is 1. The molecule has 0 saturated carbocycles. The van der Waals surface area contributed by atoms with Crippen molar-refractivity contribution in [2.24, 2.45) is 0 Å². The second-order valence-electron chi connectivity index (χ2n) is 8.28. The van der Waals surface area contributed by atoms with E-state index in [2.05, 4.69) is 37.3 Å². The number of ether oxygens (including phenoxy) is 1. The summed E-state index contributed by atoms with van der Waals surface area (Å²) in [6.45, 7) is 4.62. The third-order valence-electron chi connectivity index (χ3n) is 6.71. The van der Waals surface area contributed by atoms with Crippen LogP contribution in [0.25, 0.3) is 11.0 Å². The number of aromatic nitrogens is 3. The van der Waals surface area contributed by atoms with Crippen LogP contribution in [0.1, 0.15) is 18.4 Å². The first-order valence-electron chi connectivity index (χ1n) is 10.9. The van der Waals surface area contributed by atoms with Crippen LogP contribution in [-0.4, -0.2) is 72.1 Å². The van der Waals surface area contributed by atoms with E-state index < -0.39 is 5.41 Å². The Bertz CT molecular complexity index is 1060. The number of rotatable bonds is 4. The van der Waals surface area contributed by atoms with Crippen molar-refractivity contribution in [1.29, 1.82) is 0 Å². The quantitative estimate of drug-likeness (QED) is 0.626. The summed E-state index contributed by atoms with van der Waals surface area (Å²) in [7, 11) is 1.67. The fourth-order valence-corrected chi connectivity index (χ4v) is 4.92. The number of amides is 1. The first-order valence-corrected chi connectivity index (χ1v) is 10.9. The molecule has 2 N–H and O–H groups in total. The predicted octanol–water partition coefficient (Wildman–Crippen LogP) is 2.36. The topological polar surface area (TPSA) is 86.4 Å². The molecule has 0 unspecified atom stereocenters.